The molecule has 0 unspecified atom stereocenters. The van der Waals surface area contributed by atoms with Crippen molar-refractivity contribution in [1.29, 1.82) is 0 Å². The lowest BCUT2D eigenvalue weighted by Crippen LogP contribution is -2.25. The Morgan fingerprint density at radius 2 is 2.19 bits per heavy atom. The smallest absolute Gasteiger partial charge is 0.257 e. The van der Waals surface area contributed by atoms with Gasteiger partial charge < -0.3 is 10.7 Å². The van der Waals surface area contributed by atoms with E-state index in [1.165, 1.54) is 6.20 Å². The van der Waals surface area contributed by atoms with E-state index in [1.54, 1.807) is 6.92 Å². The molecule has 0 spiro atoms. The third-order valence-corrected chi connectivity index (χ3v) is 3.51. The third kappa shape index (κ3) is 3.92. The van der Waals surface area contributed by atoms with E-state index < -0.39 is 10.0 Å². The molecule has 92 valence electrons. The average molecular weight is 246 g/mol. The third-order valence-electron chi connectivity index (χ3n) is 2.14. The first-order chi connectivity index (χ1) is 7.56. The number of nitrogens with two attached hydrogens (primary N) is 1. The standard InChI is InChI=1S/C9H18N4O2S/c1-8-11-7-9(13-8)16(14,15)12-6-4-2-3-5-10/h7,12H,2-6,10H2,1H3,(H,11,13). The summed E-state index contributed by atoms with van der Waals surface area (Å²) in [5.41, 5.74) is 5.34. The molecule has 1 aromatic heterocycles. The largest absolute Gasteiger partial charge is 0.332 e. The summed E-state index contributed by atoms with van der Waals surface area (Å²) in [4.78, 5) is 6.54. The van der Waals surface area contributed by atoms with Crippen molar-refractivity contribution in [2.75, 3.05) is 13.1 Å². The molecule has 0 fully saturated rings. The summed E-state index contributed by atoms with van der Waals surface area (Å²) in [5.74, 6) is 0.587. The number of unbranched alkanes of at least 4 members (excludes halogenated alkanes) is 2. The van der Waals surface area contributed by atoms with Crippen molar-refractivity contribution in [2.24, 2.45) is 5.73 Å². The van der Waals surface area contributed by atoms with Gasteiger partial charge >= 0.3 is 0 Å². The molecule has 6 nitrogen and oxygen atoms in total. The summed E-state index contributed by atoms with van der Waals surface area (Å²) in [6, 6.07) is 0. The van der Waals surface area contributed by atoms with Gasteiger partial charge in [0.2, 0.25) is 0 Å². The minimum atomic E-state index is -3.43. The summed E-state index contributed by atoms with van der Waals surface area (Å²) in [6.07, 6.45) is 3.97. The monoisotopic (exact) mass is 246 g/mol. The van der Waals surface area contributed by atoms with Crippen molar-refractivity contribution in [3.63, 3.8) is 0 Å². The molecule has 7 heteroatoms. The van der Waals surface area contributed by atoms with Gasteiger partial charge in [-0.3, -0.25) is 0 Å². The Morgan fingerprint density at radius 3 is 2.75 bits per heavy atom. The number of H-pyrrole nitrogens is 1. The molecule has 0 aliphatic carbocycles. The maximum absolute atomic E-state index is 11.7. The minimum absolute atomic E-state index is 0.115. The maximum Gasteiger partial charge on any atom is 0.257 e. The van der Waals surface area contributed by atoms with E-state index >= 15 is 0 Å². The van der Waals surface area contributed by atoms with Gasteiger partial charge in [0, 0.05) is 6.54 Å². The van der Waals surface area contributed by atoms with Crippen LogP contribution in [0.2, 0.25) is 0 Å². The molecule has 4 N–H and O–H groups in total. The number of aromatic amines is 1. The zero-order chi connectivity index (χ0) is 12.0. The summed E-state index contributed by atoms with van der Waals surface area (Å²) >= 11 is 0. The van der Waals surface area contributed by atoms with Crippen molar-refractivity contribution in [3.05, 3.63) is 12.0 Å². The fraction of sp³-hybridized carbons (Fsp3) is 0.667. The zero-order valence-electron chi connectivity index (χ0n) is 9.36. The molecular formula is C9H18N4O2S. The highest BCUT2D eigenvalue weighted by Crippen LogP contribution is 2.04. The normalized spacial score (nSPS) is 11.9. The minimum Gasteiger partial charge on any atom is -0.332 e. The van der Waals surface area contributed by atoms with Crippen LogP contribution in [-0.2, 0) is 10.0 Å². The number of aryl methyl sites for hydroxylation is 1. The van der Waals surface area contributed by atoms with Crippen LogP contribution in [0.1, 0.15) is 25.1 Å². The van der Waals surface area contributed by atoms with E-state index in [0.717, 1.165) is 19.3 Å². The van der Waals surface area contributed by atoms with Crippen molar-refractivity contribution in [3.8, 4) is 0 Å². The van der Waals surface area contributed by atoms with Crippen LogP contribution in [0.5, 0.6) is 0 Å². The number of sulfonamides is 1. The molecule has 1 aromatic rings. The number of nitrogens with one attached hydrogen (secondary N) is 2. The van der Waals surface area contributed by atoms with Crippen LogP contribution in [-0.4, -0.2) is 31.5 Å². The van der Waals surface area contributed by atoms with E-state index in [2.05, 4.69) is 14.7 Å². The highest BCUT2D eigenvalue weighted by Gasteiger charge is 2.15. The Kier molecular flexibility index (Phi) is 4.91. The van der Waals surface area contributed by atoms with Gasteiger partial charge in [0.05, 0.1) is 6.20 Å². The first-order valence-electron chi connectivity index (χ1n) is 5.27. The lowest BCUT2D eigenvalue weighted by molar-refractivity contribution is 0.571. The second-order valence-corrected chi connectivity index (χ2v) is 5.32. The number of aromatic nitrogens is 2. The van der Waals surface area contributed by atoms with Gasteiger partial charge in [0.1, 0.15) is 5.82 Å². The summed E-state index contributed by atoms with van der Waals surface area (Å²) < 4.78 is 25.8. The number of hydrogen-bond donors (Lipinski definition) is 3. The lowest BCUT2D eigenvalue weighted by Gasteiger charge is -2.03. The van der Waals surface area contributed by atoms with Crippen LogP contribution < -0.4 is 10.5 Å². The van der Waals surface area contributed by atoms with Gasteiger partial charge in [0.25, 0.3) is 10.0 Å². The van der Waals surface area contributed by atoms with Gasteiger partial charge in [-0.25, -0.2) is 18.1 Å². The number of imidazole rings is 1. The molecule has 1 rings (SSSR count). The molecule has 0 aromatic carbocycles. The van der Waals surface area contributed by atoms with Gasteiger partial charge in [-0.2, -0.15) is 0 Å². The molecule has 0 aliphatic heterocycles. The second-order valence-electron chi connectivity index (χ2n) is 3.58. The molecular weight excluding hydrogens is 228 g/mol. The van der Waals surface area contributed by atoms with Crippen LogP contribution in [0.25, 0.3) is 0 Å². The fourth-order valence-corrected chi connectivity index (χ4v) is 2.31. The molecule has 0 bridgehead atoms. The Morgan fingerprint density at radius 1 is 1.44 bits per heavy atom. The molecule has 0 saturated heterocycles. The molecule has 0 amide bonds. The molecule has 1 heterocycles. The average Bonchev–Trinajstić information content (AvgIpc) is 2.65. The van der Waals surface area contributed by atoms with Crippen molar-refractivity contribution >= 4 is 10.0 Å². The van der Waals surface area contributed by atoms with E-state index in [-0.39, 0.29) is 5.03 Å². The number of rotatable bonds is 7. The van der Waals surface area contributed by atoms with Gasteiger partial charge in [-0.05, 0) is 26.3 Å². The van der Waals surface area contributed by atoms with E-state index in [1.807, 2.05) is 0 Å². The topological polar surface area (TPSA) is 101 Å². The second kappa shape index (κ2) is 5.97. The van der Waals surface area contributed by atoms with Crippen LogP contribution >= 0.6 is 0 Å². The van der Waals surface area contributed by atoms with E-state index in [0.29, 0.717) is 18.9 Å². The fourth-order valence-electron chi connectivity index (χ4n) is 1.27. The summed E-state index contributed by atoms with van der Waals surface area (Å²) in [6.45, 7) is 2.78. The molecule has 16 heavy (non-hydrogen) atoms. The molecule has 0 saturated carbocycles. The number of hydrogen-bond acceptors (Lipinski definition) is 4. The quantitative estimate of drug-likeness (QED) is 0.595. The molecule has 0 aliphatic rings. The van der Waals surface area contributed by atoms with Crippen molar-refractivity contribution in [1.82, 2.24) is 14.7 Å². The van der Waals surface area contributed by atoms with Crippen LogP contribution in [0.15, 0.2) is 11.2 Å². The summed E-state index contributed by atoms with van der Waals surface area (Å²) in [5, 5.41) is 0.115. The van der Waals surface area contributed by atoms with Crippen molar-refractivity contribution in [2.45, 2.75) is 31.2 Å². The Bertz CT molecular complexity index is 413. The van der Waals surface area contributed by atoms with Crippen molar-refractivity contribution < 1.29 is 8.42 Å². The first-order valence-corrected chi connectivity index (χ1v) is 6.76. The number of nitrogens with zero attached hydrogens (tertiary/aromatic N) is 1. The zero-order valence-corrected chi connectivity index (χ0v) is 10.2. The van der Waals surface area contributed by atoms with E-state index in [4.69, 9.17) is 5.73 Å². The Hall–Kier alpha value is -0.920. The maximum atomic E-state index is 11.7. The molecule has 0 radical (unpaired) electrons. The van der Waals surface area contributed by atoms with Crippen LogP contribution in [0, 0.1) is 6.92 Å². The Balaban J connectivity index is 2.41. The van der Waals surface area contributed by atoms with Gasteiger partial charge in [-0.15, -0.1) is 0 Å². The van der Waals surface area contributed by atoms with Gasteiger partial charge in [-0.1, -0.05) is 6.42 Å². The highest BCUT2D eigenvalue weighted by atomic mass is 32.2. The van der Waals surface area contributed by atoms with Gasteiger partial charge in [0.15, 0.2) is 5.03 Å². The predicted octanol–water partition coefficient (Wildman–Crippen LogP) is 0.125. The molecule has 0 atom stereocenters. The first kappa shape index (κ1) is 13.1. The summed E-state index contributed by atoms with van der Waals surface area (Å²) in [7, 11) is -3.43. The van der Waals surface area contributed by atoms with Crippen LogP contribution in [0.3, 0.4) is 0 Å². The Labute approximate surface area is 95.7 Å². The lowest BCUT2D eigenvalue weighted by atomic mass is 10.2. The van der Waals surface area contributed by atoms with Crippen LogP contribution in [0.4, 0.5) is 0 Å². The SMILES string of the molecule is Cc1ncc(S(=O)(=O)NCCCCCN)[nH]1. The predicted molar refractivity (Wildman–Crippen MR) is 61.4 cm³/mol. The van der Waals surface area contributed by atoms with E-state index in [9.17, 15) is 8.42 Å². The highest BCUT2D eigenvalue weighted by molar-refractivity contribution is 7.89.